The lowest BCUT2D eigenvalue weighted by molar-refractivity contribution is -0.167. The average Bonchev–Trinajstić information content (AvgIpc) is 3.05. The van der Waals surface area contributed by atoms with Crippen LogP contribution in [-0.2, 0) is 20.8 Å². The molecule has 3 heterocycles. The van der Waals surface area contributed by atoms with E-state index in [-0.39, 0.29) is 18.5 Å². The number of ether oxygens (including phenoxy) is 3. The minimum atomic E-state index is -0.181. The van der Waals surface area contributed by atoms with Gasteiger partial charge in [-0.1, -0.05) is 30.3 Å². The summed E-state index contributed by atoms with van der Waals surface area (Å²) < 4.78 is 17.3. The summed E-state index contributed by atoms with van der Waals surface area (Å²) in [6.07, 6.45) is 0.0838. The minimum absolute atomic E-state index is 0.0268. The van der Waals surface area contributed by atoms with Crippen molar-refractivity contribution in [1.82, 2.24) is 5.32 Å². The molecule has 3 aliphatic rings. The molecule has 1 aromatic carbocycles. The van der Waals surface area contributed by atoms with E-state index < -0.39 is 0 Å². The SMILES string of the molecule is c1ccc(CO[C@@H]2[C@@H]3OC[C@@H](O3)[C@H]3N[C@H]32)cc1. The summed E-state index contributed by atoms with van der Waals surface area (Å²) in [5.41, 5.74) is 1.19. The highest BCUT2D eigenvalue weighted by Gasteiger charge is 2.59. The maximum atomic E-state index is 5.94. The van der Waals surface area contributed by atoms with Gasteiger partial charge in [-0.3, -0.25) is 0 Å². The molecule has 0 radical (unpaired) electrons. The first-order chi connectivity index (χ1) is 8.42. The van der Waals surface area contributed by atoms with Crippen molar-refractivity contribution in [2.45, 2.75) is 37.2 Å². The molecule has 3 fully saturated rings. The molecule has 5 atom stereocenters. The van der Waals surface area contributed by atoms with Crippen LogP contribution >= 0.6 is 0 Å². The normalized spacial score (nSPS) is 42.2. The molecule has 4 rings (SSSR count). The van der Waals surface area contributed by atoms with Crippen LogP contribution in [0.25, 0.3) is 0 Å². The van der Waals surface area contributed by atoms with Crippen LogP contribution in [0.4, 0.5) is 0 Å². The van der Waals surface area contributed by atoms with Gasteiger partial charge in [-0.15, -0.1) is 0 Å². The molecular weight excluding hydrogens is 218 g/mol. The highest BCUT2D eigenvalue weighted by Crippen LogP contribution is 2.37. The average molecular weight is 233 g/mol. The van der Waals surface area contributed by atoms with E-state index in [9.17, 15) is 0 Å². The monoisotopic (exact) mass is 233 g/mol. The van der Waals surface area contributed by atoms with Crippen molar-refractivity contribution >= 4 is 0 Å². The molecule has 0 saturated carbocycles. The van der Waals surface area contributed by atoms with E-state index >= 15 is 0 Å². The molecule has 0 aromatic heterocycles. The van der Waals surface area contributed by atoms with Crippen molar-refractivity contribution in [3.8, 4) is 0 Å². The molecule has 0 aliphatic carbocycles. The Labute approximate surface area is 99.9 Å². The van der Waals surface area contributed by atoms with Crippen molar-refractivity contribution < 1.29 is 14.2 Å². The smallest absolute Gasteiger partial charge is 0.185 e. The number of benzene rings is 1. The molecule has 3 aliphatic heterocycles. The third-order valence-electron chi connectivity index (χ3n) is 3.70. The highest BCUT2D eigenvalue weighted by atomic mass is 16.7. The predicted molar refractivity (Wildman–Crippen MR) is 60.3 cm³/mol. The van der Waals surface area contributed by atoms with Gasteiger partial charge in [-0.05, 0) is 5.56 Å². The van der Waals surface area contributed by atoms with Crippen molar-refractivity contribution in [2.24, 2.45) is 0 Å². The van der Waals surface area contributed by atoms with Gasteiger partial charge in [0.25, 0.3) is 0 Å². The van der Waals surface area contributed by atoms with Gasteiger partial charge in [0.2, 0.25) is 0 Å². The van der Waals surface area contributed by atoms with Gasteiger partial charge in [0.1, 0.15) is 12.2 Å². The summed E-state index contributed by atoms with van der Waals surface area (Å²) >= 11 is 0. The predicted octanol–water partition coefficient (Wildman–Crippen LogP) is 0.667. The Kier molecular flexibility index (Phi) is 2.23. The van der Waals surface area contributed by atoms with Gasteiger partial charge in [0.05, 0.1) is 25.3 Å². The third kappa shape index (κ3) is 1.68. The number of rotatable bonds is 3. The molecule has 90 valence electrons. The van der Waals surface area contributed by atoms with Crippen LogP contribution in [0.1, 0.15) is 5.56 Å². The van der Waals surface area contributed by atoms with Crippen LogP contribution in [0.5, 0.6) is 0 Å². The van der Waals surface area contributed by atoms with Crippen molar-refractivity contribution in [1.29, 1.82) is 0 Å². The molecule has 2 bridgehead atoms. The van der Waals surface area contributed by atoms with Crippen LogP contribution in [0.2, 0.25) is 0 Å². The number of fused-ring (bicyclic) bond motifs is 4. The Hall–Kier alpha value is -0.940. The molecule has 0 amide bonds. The number of hydrogen-bond acceptors (Lipinski definition) is 4. The maximum absolute atomic E-state index is 5.94. The summed E-state index contributed by atoms with van der Waals surface area (Å²) in [7, 11) is 0. The quantitative estimate of drug-likeness (QED) is 0.779. The Morgan fingerprint density at radius 1 is 1.24 bits per heavy atom. The fourth-order valence-electron chi connectivity index (χ4n) is 2.72. The Morgan fingerprint density at radius 3 is 3.00 bits per heavy atom. The first-order valence-corrected chi connectivity index (χ1v) is 6.10. The lowest BCUT2D eigenvalue weighted by atomic mass is 10.1. The van der Waals surface area contributed by atoms with E-state index in [1.807, 2.05) is 18.2 Å². The molecule has 1 aromatic rings. The first-order valence-electron chi connectivity index (χ1n) is 6.10. The first kappa shape index (κ1) is 10.0. The molecule has 4 heteroatoms. The van der Waals surface area contributed by atoms with Gasteiger partial charge < -0.3 is 19.5 Å². The molecule has 3 saturated heterocycles. The second kappa shape index (κ2) is 3.78. The van der Waals surface area contributed by atoms with E-state index in [0.29, 0.717) is 25.3 Å². The van der Waals surface area contributed by atoms with E-state index in [2.05, 4.69) is 17.4 Å². The Morgan fingerprint density at radius 2 is 2.12 bits per heavy atom. The molecule has 4 nitrogen and oxygen atoms in total. The Balaban J connectivity index is 1.43. The minimum Gasteiger partial charge on any atom is -0.367 e. The summed E-state index contributed by atoms with van der Waals surface area (Å²) in [5, 5.41) is 3.42. The van der Waals surface area contributed by atoms with Crippen LogP contribution in [0.3, 0.4) is 0 Å². The second-order valence-electron chi connectivity index (χ2n) is 4.86. The van der Waals surface area contributed by atoms with E-state index in [4.69, 9.17) is 14.2 Å². The topological polar surface area (TPSA) is 49.6 Å². The van der Waals surface area contributed by atoms with Crippen LogP contribution < -0.4 is 5.32 Å². The lowest BCUT2D eigenvalue weighted by Crippen LogP contribution is -2.41. The summed E-state index contributed by atoms with van der Waals surface area (Å²) in [6, 6.07) is 11.1. The van der Waals surface area contributed by atoms with Gasteiger partial charge in [0.15, 0.2) is 6.29 Å². The van der Waals surface area contributed by atoms with Gasteiger partial charge in [0, 0.05) is 0 Å². The molecular formula is C13H15NO3. The zero-order valence-corrected chi connectivity index (χ0v) is 9.41. The van der Waals surface area contributed by atoms with E-state index in [1.165, 1.54) is 5.56 Å². The number of hydrogen-bond donors (Lipinski definition) is 1. The molecule has 1 N–H and O–H groups in total. The van der Waals surface area contributed by atoms with Gasteiger partial charge in [-0.25, -0.2) is 0 Å². The van der Waals surface area contributed by atoms with Crippen molar-refractivity contribution in [3.63, 3.8) is 0 Å². The summed E-state index contributed by atoms with van der Waals surface area (Å²) in [4.78, 5) is 0. The Bertz CT molecular complexity index is 410. The highest BCUT2D eigenvalue weighted by molar-refractivity contribution is 5.16. The second-order valence-corrected chi connectivity index (χ2v) is 4.86. The standard InChI is InChI=1S/C13H15NO3/c1-2-4-8(5-3-1)6-15-12-11-10(14-11)9-7-16-13(12)17-9/h1-5,9-14H,6-7H2/t9-,10-,11-,12+,13-/m1/s1. The molecule has 0 spiro atoms. The zero-order valence-electron chi connectivity index (χ0n) is 9.41. The van der Waals surface area contributed by atoms with Crippen molar-refractivity contribution in [3.05, 3.63) is 35.9 Å². The van der Waals surface area contributed by atoms with Crippen LogP contribution in [0.15, 0.2) is 30.3 Å². The largest absolute Gasteiger partial charge is 0.367 e. The zero-order chi connectivity index (χ0) is 11.2. The lowest BCUT2D eigenvalue weighted by Gasteiger charge is -2.25. The molecule has 17 heavy (non-hydrogen) atoms. The maximum Gasteiger partial charge on any atom is 0.185 e. The summed E-state index contributed by atoms with van der Waals surface area (Å²) in [6.45, 7) is 1.31. The van der Waals surface area contributed by atoms with Crippen molar-refractivity contribution in [2.75, 3.05) is 6.61 Å². The van der Waals surface area contributed by atoms with Gasteiger partial charge in [-0.2, -0.15) is 0 Å². The molecule has 0 unspecified atom stereocenters. The third-order valence-corrected chi connectivity index (χ3v) is 3.70. The van der Waals surface area contributed by atoms with E-state index in [0.717, 1.165) is 0 Å². The number of nitrogens with one attached hydrogen (secondary N) is 1. The fraction of sp³-hybridized carbons (Fsp3) is 0.538. The fourth-order valence-corrected chi connectivity index (χ4v) is 2.72. The van der Waals surface area contributed by atoms with Gasteiger partial charge >= 0.3 is 0 Å². The van der Waals surface area contributed by atoms with Crippen LogP contribution in [-0.4, -0.2) is 37.2 Å². The summed E-state index contributed by atoms with van der Waals surface area (Å²) in [5.74, 6) is 0. The van der Waals surface area contributed by atoms with Crippen LogP contribution in [0, 0.1) is 0 Å². The van der Waals surface area contributed by atoms with E-state index in [1.54, 1.807) is 0 Å².